The van der Waals surface area contributed by atoms with Crippen LogP contribution in [0.15, 0.2) is 33.6 Å². The summed E-state index contributed by atoms with van der Waals surface area (Å²) in [5, 5.41) is 4.69. The molecule has 1 heterocycles. The fraction of sp³-hybridized carbons (Fsp3) is 0.0909. The number of amides is 1. The Morgan fingerprint density at radius 1 is 1.53 bits per heavy atom. The van der Waals surface area contributed by atoms with Crippen LogP contribution in [0.4, 0.5) is 5.69 Å². The first-order valence-corrected chi connectivity index (χ1v) is 6.60. The highest BCUT2D eigenvalue weighted by Crippen LogP contribution is 2.20. The Morgan fingerprint density at radius 3 is 3.00 bits per heavy atom. The predicted octanol–water partition coefficient (Wildman–Crippen LogP) is 2.42. The summed E-state index contributed by atoms with van der Waals surface area (Å²) in [4.78, 5) is 15.9. The molecule has 0 saturated carbocycles. The maximum absolute atomic E-state index is 11.8. The predicted molar refractivity (Wildman–Crippen MR) is 71.8 cm³/mol. The Kier molecular flexibility index (Phi) is 3.75. The van der Waals surface area contributed by atoms with Gasteiger partial charge in [0.15, 0.2) is 0 Å². The number of anilines is 1. The normalized spacial score (nSPS) is 10.2. The van der Waals surface area contributed by atoms with Crippen molar-refractivity contribution in [3.63, 3.8) is 0 Å². The third kappa shape index (κ3) is 3.04. The van der Waals surface area contributed by atoms with E-state index in [4.69, 9.17) is 5.73 Å². The van der Waals surface area contributed by atoms with Gasteiger partial charge in [0.05, 0.1) is 17.7 Å². The second kappa shape index (κ2) is 5.29. The Balaban J connectivity index is 2.02. The molecule has 17 heavy (non-hydrogen) atoms. The molecule has 0 aliphatic rings. The van der Waals surface area contributed by atoms with Crippen LogP contribution in [0.5, 0.6) is 0 Å². The maximum atomic E-state index is 11.8. The van der Waals surface area contributed by atoms with Crippen molar-refractivity contribution in [2.45, 2.75) is 6.54 Å². The minimum Gasteiger partial charge on any atom is -0.398 e. The van der Waals surface area contributed by atoms with E-state index in [1.165, 1.54) is 11.3 Å². The van der Waals surface area contributed by atoms with E-state index in [-0.39, 0.29) is 5.91 Å². The van der Waals surface area contributed by atoms with Gasteiger partial charge < -0.3 is 11.1 Å². The van der Waals surface area contributed by atoms with Crippen LogP contribution in [0, 0.1) is 0 Å². The average molecular weight is 312 g/mol. The molecule has 0 spiro atoms. The smallest absolute Gasteiger partial charge is 0.251 e. The van der Waals surface area contributed by atoms with Crippen LogP contribution < -0.4 is 11.1 Å². The van der Waals surface area contributed by atoms with E-state index < -0.39 is 0 Å². The number of hydrogen-bond acceptors (Lipinski definition) is 4. The minimum absolute atomic E-state index is 0.140. The standard InChI is InChI=1S/C11H10BrN3OS/c12-9-3-7(1-2-10(9)13)11(16)14-4-8-5-17-6-15-8/h1-3,5-6H,4,13H2,(H,14,16). The molecule has 1 aromatic carbocycles. The zero-order valence-electron chi connectivity index (χ0n) is 8.81. The fourth-order valence-corrected chi connectivity index (χ4v) is 2.20. The van der Waals surface area contributed by atoms with E-state index >= 15 is 0 Å². The quantitative estimate of drug-likeness (QED) is 0.855. The van der Waals surface area contributed by atoms with Crippen molar-refractivity contribution in [2.24, 2.45) is 0 Å². The van der Waals surface area contributed by atoms with Crippen molar-refractivity contribution in [3.8, 4) is 0 Å². The van der Waals surface area contributed by atoms with Crippen molar-refractivity contribution in [3.05, 3.63) is 44.8 Å². The van der Waals surface area contributed by atoms with Crippen LogP contribution in [0.3, 0.4) is 0 Å². The third-order valence-corrected chi connectivity index (χ3v) is 3.50. The number of thiazole rings is 1. The van der Waals surface area contributed by atoms with E-state index in [0.717, 1.165) is 10.2 Å². The number of aromatic nitrogens is 1. The average Bonchev–Trinajstić information content (AvgIpc) is 2.82. The molecule has 0 aliphatic carbocycles. The maximum Gasteiger partial charge on any atom is 0.251 e. The summed E-state index contributed by atoms with van der Waals surface area (Å²) in [5.74, 6) is -0.140. The van der Waals surface area contributed by atoms with E-state index in [2.05, 4.69) is 26.2 Å². The van der Waals surface area contributed by atoms with Gasteiger partial charge in [0.1, 0.15) is 0 Å². The van der Waals surface area contributed by atoms with Gasteiger partial charge in [-0.2, -0.15) is 0 Å². The number of hydrogen-bond donors (Lipinski definition) is 2. The first-order chi connectivity index (χ1) is 8.16. The fourth-order valence-electron chi connectivity index (χ4n) is 1.27. The summed E-state index contributed by atoms with van der Waals surface area (Å²) in [5.41, 5.74) is 9.43. The number of nitrogens with two attached hydrogens (primary N) is 1. The summed E-state index contributed by atoms with van der Waals surface area (Å²) >= 11 is 4.79. The molecule has 6 heteroatoms. The van der Waals surface area contributed by atoms with Crippen molar-refractivity contribution < 1.29 is 4.79 Å². The molecule has 1 amide bonds. The van der Waals surface area contributed by atoms with Gasteiger partial charge in [-0.15, -0.1) is 11.3 Å². The summed E-state index contributed by atoms with van der Waals surface area (Å²) in [6.07, 6.45) is 0. The second-order valence-corrected chi connectivity index (χ2v) is 4.97. The molecular weight excluding hydrogens is 302 g/mol. The Bertz CT molecular complexity index is 528. The minimum atomic E-state index is -0.140. The van der Waals surface area contributed by atoms with Crippen molar-refractivity contribution in [1.29, 1.82) is 0 Å². The van der Waals surface area contributed by atoms with Crippen LogP contribution >= 0.6 is 27.3 Å². The number of carbonyl (C=O) groups excluding carboxylic acids is 1. The number of nitrogen functional groups attached to an aromatic ring is 1. The van der Waals surface area contributed by atoms with E-state index in [1.807, 2.05) is 5.38 Å². The first kappa shape index (κ1) is 12.1. The molecule has 2 rings (SSSR count). The SMILES string of the molecule is Nc1ccc(C(=O)NCc2cscn2)cc1Br. The number of rotatable bonds is 3. The van der Waals surface area contributed by atoms with Crippen molar-refractivity contribution >= 4 is 38.9 Å². The van der Waals surface area contributed by atoms with E-state index in [0.29, 0.717) is 17.8 Å². The zero-order valence-corrected chi connectivity index (χ0v) is 11.2. The highest BCUT2D eigenvalue weighted by molar-refractivity contribution is 9.10. The van der Waals surface area contributed by atoms with Gasteiger partial charge in [0.25, 0.3) is 5.91 Å². The lowest BCUT2D eigenvalue weighted by atomic mass is 10.2. The molecule has 1 aromatic heterocycles. The Labute approximate surface area is 111 Å². The van der Waals surface area contributed by atoms with Crippen LogP contribution in [-0.4, -0.2) is 10.9 Å². The molecule has 88 valence electrons. The van der Waals surface area contributed by atoms with Crippen molar-refractivity contribution in [1.82, 2.24) is 10.3 Å². The second-order valence-electron chi connectivity index (χ2n) is 3.40. The highest BCUT2D eigenvalue weighted by Gasteiger charge is 2.07. The van der Waals surface area contributed by atoms with E-state index in [9.17, 15) is 4.79 Å². The monoisotopic (exact) mass is 311 g/mol. The van der Waals surface area contributed by atoms with Gasteiger partial charge in [-0.25, -0.2) is 4.98 Å². The molecule has 0 radical (unpaired) electrons. The summed E-state index contributed by atoms with van der Waals surface area (Å²) < 4.78 is 0.721. The zero-order chi connectivity index (χ0) is 12.3. The molecule has 0 bridgehead atoms. The molecule has 0 unspecified atom stereocenters. The number of halogens is 1. The van der Waals surface area contributed by atoms with Crippen LogP contribution in [0.25, 0.3) is 0 Å². The molecule has 0 atom stereocenters. The van der Waals surface area contributed by atoms with Crippen LogP contribution in [0.1, 0.15) is 16.1 Å². The lowest BCUT2D eigenvalue weighted by Crippen LogP contribution is -2.22. The van der Waals surface area contributed by atoms with Gasteiger partial charge in [-0.1, -0.05) is 0 Å². The van der Waals surface area contributed by atoms with Gasteiger partial charge >= 0.3 is 0 Å². The Hall–Kier alpha value is -1.40. The van der Waals surface area contributed by atoms with Crippen molar-refractivity contribution in [2.75, 3.05) is 5.73 Å². The molecule has 4 nitrogen and oxygen atoms in total. The Morgan fingerprint density at radius 2 is 2.35 bits per heavy atom. The summed E-state index contributed by atoms with van der Waals surface area (Å²) in [6, 6.07) is 5.09. The lowest BCUT2D eigenvalue weighted by Gasteiger charge is -2.05. The largest absolute Gasteiger partial charge is 0.398 e. The van der Waals surface area contributed by atoms with Gasteiger partial charge in [0.2, 0.25) is 0 Å². The van der Waals surface area contributed by atoms with Gasteiger partial charge in [0, 0.05) is 21.1 Å². The van der Waals surface area contributed by atoms with Gasteiger partial charge in [-0.05, 0) is 34.1 Å². The molecule has 3 N–H and O–H groups in total. The summed E-state index contributed by atoms with van der Waals surface area (Å²) in [6.45, 7) is 0.435. The van der Waals surface area contributed by atoms with E-state index in [1.54, 1.807) is 23.7 Å². The molecule has 0 fully saturated rings. The molecule has 2 aromatic rings. The van der Waals surface area contributed by atoms with Crippen LogP contribution in [0.2, 0.25) is 0 Å². The third-order valence-electron chi connectivity index (χ3n) is 2.18. The van der Waals surface area contributed by atoms with Gasteiger partial charge in [-0.3, -0.25) is 4.79 Å². The highest BCUT2D eigenvalue weighted by atomic mass is 79.9. The number of benzene rings is 1. The summed E-state index contributed by atoms with van der Waals surface area (Å²) in [7, 11) is 0. The lowest BCUT2D eigenvalue weighted by molar-refractivity contribution is 0.0950. The van der Waals surface area contributed by atoms with Crippen LogP contribution in [-0.2, 0) is 6.54 Å². The molecule has 0 saturated heterocycles. The molecular formula is C11H10BrN3OS. The molecule has 0 aliphatic heterocycles. The number of nitrogens with zero attached hydrogens (tertiary/aromatic N) is 1. The number of carbonyl (C=O) groups is 1. The topological polar surface area (TPSA) is 68.0 Å². The number of nitrogens with one attached hydrogen (secondary N) is 1. The first-order valence-electron chi connectivity index (χ1n) is 4.87.